The molecule has 0 unspecified atom stereocenters. The summed E-state index contributed by atoms with van der Waals surface area (Å²) in [7, 11) is 4.23. The molecule has 0 heterocycles. The van der Waals surface area contributed by atoms with Crippen molar-refractivity contribution in [3.8, 4) is 28.3 Å². The van der Waals surface area contributed by atoms with Crippen molar-refractivity contribution in [1.29, 1.82) is 5.26 Å². The van der Waals surface area contributed by atoms with Gasteiger partial charge < -0.3 is 24.5 Å². The molecule has 0 radical (unpaired) electrons. The first-order valence-corrected chi connectivity index (χ1v) is 38.0. The number of benzene rings is 15. The minimum Gasteiger partial charge on any atom is -0.345 e. The van der Waals surface area contributed by atoms with Crippen LogP contribution in [0, 0.1) is 31.8 Å². The molecule has 113 heavy (non-hydrogen) atoms. The maximum absolute atomic E-state index is 8.89. The second kappa shape index (κ2) is 41.2. The van der Waals surface area contributed by atoms with Gasteiger partial charge >= 0.3 is 0 Å². The number of hydrogen-bond donors (Lipinski definition) is 0. The third-order valence-corrected chi connectivity index (χ3v) is 18.6. The largest absolute Gasteiger partial charge is 0.345 e. The van der Waals surface area contributed by atoms with Gasteiger partial charge in [-0.3, -0.25) is 0 Å². The number of nitriles is 1. The Kier molecular flexibility index (Phi) is 29.0. The molecule has 0 saturated carbocycles. The molecule has 0 bridgehead atoms. The number of nitrogens with zero attached hydrogens (tertiary/aromatic N) is 7. The molecule has 7 heteroatoms. The van der Waals surface area contributed by atoms with E-state index >= 15 is 0 Å². The molecule has 0 spiro atoms. The van der Waals surface area contributed by atoms with Gasteiger partial charge in [0.25, 0.3) is 5.70 Å². The van der Waals surface area contributed by atoms with Crippen LogP contribution in [-0.4, -0.2) is 14.1 Å². The van der Waals surface area contributed by atoms with Crippen LogP contribution in [0.4, 0.5) is 73.9 Å². The van der Waals surface area contributed by atoms with Crippen molar-refractivity contribution < 1.29 is 0 Å². The minimum atomic E-state index is 0.0794. The third-order valence-electron chi connectivity index (χ3n) is 18.6. The highest BCUT2D eigenvalue weighted by Gasteiger charge is 2.17. The normalized spacial score (nSPS) is 10.3. The van der Waals surface area contributed by atoms with Crippen LogP contribution < -0.4 is 24.5 Å². The highest BCUT2D eigenvalue weighted by atomic mass is 15.2. The Balaban J connectivity index is 0.000000157. The van der Waals surface area contributed by atoms with Gasteiger partial charge in [-0.15, -0.1) is 0 Å². The van der Waals surface area contributed by atoms with Gasteiger partial charge in [0.1, 0.15) is 0 Å². The predicted octanol–water partition coefficient (Wildman–Crippen LogP) is 30.0. The zero-order chi connectivity index (χ0) is 78.9. The van der Waals surface area contributed by atoms with E-state index in [1.54, 1.807) is 6.08 Å². The van der Waals surface area contributed by atoms with Crippen molar-refractivity contribution in [1.82, 2.24) is 0 Å². The molecule has 15 aromatic carbocycles. The van der Waals surface area contributed by atoms with Crippen molar-refractivity contribution in [2.75, 3.05) is 38.6 Å². The van der Waals surface area contributed by atoms with Gasteiger partial charge in [0.15, 0.2) is 0 Å². The van der Waals surface area contributed by atoms with Crippen molar-refractivity contribution in [2.24, 2.45) is 0 Å². The van der Waals surface area contributed by atoms with Crippen LogP contribution in [0.25, 0.3) is 45.3 Å². The average Bonchev–Trinajstić information content (AvgIpc) is 0.809. The summed E-state index contributed by atoms with van der Waals surface area (Å²) in [4.78, 5) is 14.4. The molecular weight excluding hydrogens is 1370 g/mol. The molecule has 554 valence electrons. The molecule has 7 nitrogen and oxygen atoms in total. The van der Waals surface area contributed by atoms with Crippen LogP contribution in [0.15, 0.2) is 429 Å². The molecule has 0 aromatic heterocycles. The van der Waals surface area contributed by atoms with Gasteiger partial charge in [0.2, 0.25) is 0 Å². The van der Waals surface area contributed by atoms with E-state index in [1.807, 2.05) is 121 Å². The Labute approximate surface area is 670 Å². The van der Waals surface area contributed by atoms with Gasteiger partial charge in [-0.1, -0.05) is 289 Å². The first-order valence-electron chi connectivity index (χ1n) is 38.0. The first-order chi connectivity index (χ1) is 55.3. The van der Waals surface area contributed by atoms with E-state index < -0.39 is 0 Å². The zero-order valence-electron chi connectivity index (χ0n) is 65.6. The molecule has 0 atom stereocenters. The summed E-state index contributed by atoms with van der Waals surface area (Å²) in [6.45, 7) is 19.7. The van der Waals surface area contributed by atoms with E-state index in [9.17, 15) is 0 Å². The number of para-hydroxylation sites is 5. The van der Waals surface area contributed by atoms with Gasteiger partial charge in [-0.2, -0.15) is 0 Å². The van der Waals surface area contributed by atoms with E-state index in [0.717, 1.165) is 68.1 Å². The average molecular weight is 1470 g/mol. The third kappa shape index (κ3) is 23.3. The van der Waals surface area contributed by atoms with Crippen molar-refractivity contribution in [2.45, 2.75) is 41.5 Å². The number of aryl methyl sites for hydroxylation is 2. The van der Waals surface area contributed by atoms with Gasteiger partial charge in [-0.05, 0) is 244 Å². The maximum Gasteiger partial charge on any atom is 0.262 e. The fourth-order valence-electron chi connectivity index (χ4n) is 12.7. The van der Waals surface area contributed by atoms with E-state index in [-0.39, 0.29) is 5.70 Å². The lowest BCUT2D eigenvalue weighted by Crippen LogP contribution is -2.09. The van der Waals surface area contributed by atoms with E-state index in [1.165, 1.54) is 67.0 Å². The summed E-state index contributed by atoms with van der Waals surface area (Å²) in [6.07, 6.45) is 5.98. The van der Waals surface area contributed by atoms with Crippen molar-refractivity contribution in [3.05, 3.63) is 469 Å². The molecule has 0 saturated heterocycles. The van der Waals surface area contributed by atoms with Crippen molar-refractivity contribution in [3.63, 3.8) is 0 Å². The summed E-state index contributed by atoms with van der Waals surface area (Å²) in [5, 5.41) is 8.89. The van der Waals surface area contributed by atoms with Crippen LogP contribution in [0.5, 0.6) is 0 Å². The van der Waals surface area contributed by atoms with Crippen LogP contribution in [-0.2, 0) is 0 Å². The summed E-state index contributed by atoms with van der Waals surface area (Å²) >= 11 is 0. The van der Waals surface area contributed by atoms with Crippen LogP contribution in [0.1, 0.15) is 55.5 Å². The predicted molar refractivity (Wildman–Crippen MR) is 484 cm³/mol. The molecule has 0 aliphatic heterocycles. The molecule has 0 fully saturated rings. The number of rotatable bonds is 18. The molecule has 0 N–H and O–H groups in total. The van der Waals surface area contributed by atoms with Crippen LogP contribution in [0.2, 0.25) is 0 Å². The molecule has 0 aliphatic rings. The molecule has 15 rings (SSSR count). The number of hydrogen-bond acceptors (Lipinski definition) is 6. The lowest BCUT2D eigenvalue weighted by atomic mass is 10.0. The Bertz CT molecular complexity index is 5390. The Morgan fingerprint density at radius 1 is 0.248 bits per heavy atom. The van der Waals surface area contributed by atoms with E-state index in [0.29, 0.717) is 0 Å². The summed E-state index contributed by atoms with van der Waals surface area (Å²) in [5.41, 5.74) is 28.0. The summed E-state index contributed by atoms with van der Waals surface area (Å²) in [6, 6.07) is 145. The summed E-state index contributed by atoms with van der Waals surface area (Å²) < 4.78 is 0. The highest BCUT2D eigenvalue weighted by molar-refractivity contribution is 5.82. The fourth-order valence-corrected chi connectivity index (χ4v) is 12.7. The zero-order valence-corrected chi connectivity index (χ0v) is 65.6. The van der Waals surface area contributed by atoms with E-state index in [2.05, 4.69) is 394 Å². The maximum atomic E-state index is 8.89. The van der Waals surface area contributed by atoms with Gasteiger partial charge in [-0.25, -0.2) is 10.1 Å². The lowest BCUT2D eigenvalue weighted by molar-refractivity contribution is 1.21. The molecule has 15 aromatic rings. The Hall–Kier alpha value is -14.5. The smallest absolute Gasteiger partial charge is 0.262 e. The summed E-state index contributed by atoms with van der Waals surface area (Å²) in [5.74, 6) is 0. The lowest BCUT2D eigenvalue weighted by Gasteiger charge is -2.25. The molecular formula is C106H95N7. The fraction of sp³-hybridized carbons (Fsp3) is 0.0755. The second-order valence-electron chi connectivity index (χ2n) is 27.6. The van der Waals surface area contributed by atoms with E-state index in [4.69, 9.17) is 11.8 Å². The molecule has 0 amide bonds. The van der Waals surface area contributed by atoms with Gasteiger partial charge in [0, 0.05) is 88.0 Å². The Morgan fingerprint density at radius 2 is 0.434 bits per heavy atom. The highest BCUT2D eigenvalue weighted by Crippen LogP contribution is 2.40. The second-order valence-corrected chi connectivity index (χ2v) is 27.6. The Morgan fingerprint density at radius 3 is 0.655 bits per heavy atom. The van der Waals surface area contributed by atoms with Crippen LogP contribution in [0.3, 0.4) is 0 Å². The van der Waals surface area contributed by atoms with Crippen LogP contribution >= 0.6 is 0 Å². The standard InChI is InChI=1S/C36H34N2.C35H32N2.C22H15N3.C7H8.C6H6/c1-27(2)26-29-12-20-32(21-13-29)37(4)33-22-14-30(15-23-33)31-16-24-36(25-17-31)38(34-8-6-5-7-9-34)35-18-10-28(3)11-19-35;1-27(2)26-28-14-20-31(21-15-28)36(3)32-22-16-29(17-23-32)30-18-24-35(25-19-30)37(33-10-6-4-7-11-33)34-12-8-5-9-13-34;1-24-19(17-23)16-18-12-14-22(15-13-18)25(20-8-4-2-5-9-20)21-10-6-3-7-11-21;1-7-5-3-2-4-6-7;1-2-4-6-5-3-1/h5-26H,1-4H3;4-26H,1-3H3;2-16H;2-6H,1H3;1-6H/b;;19-16-;;. The quantitative estimate of drug-likeness (QED) is 0.0630. The molecule has 0 aliphatic carbocycles. The first kappa shape index (κ1) is 79.5. The van der Waals surface area contributed by atoms with Gasteiger partial charge in [0.05, 0.1) is 12.6 Å². The monoisotopic (exact) mass is 1470 g/mol. The SMILES string of the molecule is CC(C)=Cc1ccc(N(C)c2ccc(-c3ccc(N(c4ccccc4)c4ccc(C)cc4)cc3)cc2)cc1.CC(C)=Cc1ccc(N(C)c2ccc(-c3ccc(N(c4ccccc4)c4ccccc4)cc3)cc2)cc1.Cc1ccccc1.[C-]#[N+]/C(C#N)=C\c1ccc(N(c2ccccc2)c2ccccc2)cc1.c1ccccc1. The number of anilines is 13. The minimum absolute atomic E-state index is 0.0794. The topological polar surface area (TPSA) is 44.4 Å². The number of allylic oxidation sites excluding steroid dienone is 3. The van der Waals surface area contributed by atoms with Crippen molar-refractivity contribution >= 4 is 92.2 Å².